The van der Waals surface area contributed by atoms with Gasteiger partial charge in [-0.3, -0.25) is 9.59 Å². The number of nitrogens with one attached hydrogen (secondary N) is 1. The lowest BCUT2D eigenvalue weighted by Crippen LogP contribution is -2.32. The second-order valence-corrected chi connectivity index (χ2v) is 2.64. The first kappa shape index (κ1) is 10.7. The number of rotatable bonds is 4. The van der Waals surface area contributed by atoms with Gasteiger partial charge in [0.2, 0.25) is 0 Å². The third kappa shape index (κ3) is 4.49. The second kappa shape index (κ2) is 4.54. The van der Waals surface area contributed by atoms with Crippen LogP contribution in [0.5, 0.6) is 0 Å². The van der Waals surface area contributed by atoms with Gasteiger partial charge in [0.1, 0.15) is 6.04 Å². The average Bonchev–Trinajstić information content (AvgIpc) is 1.84. The average molecular weight is 171 g/mol. The number of aliphatic carboxylic acids is 1. The standard InChI is InChI=1S/C8H13NO3/c1-5(4-6(2)10)9-7(3)8(11)12/h4,7,9H,1-3H3,(H,11,12)/b5-4+. The third-order valence-corrected chi connectivity index (χ3v) is 1.23. The molecule has 0 aromatic rings. The Bertz CT molecular complexity index is 220. The maximum Gasteiger partial charge on any atom is 0.325 e. The summed E-state index contributed by atoms with van der Waals surface area (Å²) in [7, 11) is 0. The van der Waals surface area contributed by atoms with Crippen LogP contribution in [0.15, 0.2) is 11.8 Å². The van der Waals surface area contributed by atoms with Crippen LogP contribution in [0, 0.1) is 0 Å². The molecule has 0 amide bonds. The lowest BCUT2D eigenvalue weighted by Gasteiger charge is -2.09. The Kier molecular flexibility index (Phi) is 4.04. The van der Waals surface area contributed by atoms with Gasteiger partial charge in [-0.05, 0) is 26.8 Å². The molecule has 0 saturated heterocycles. The molecule has 0 aliphatic carbocycles. The molecule has 0 bridgehead atoms. The fourth-order valence-electron chi connectivity index (χ4n) is 0.750. The van der Waals surface area contributed by atoms with Gasteiger partial charge in [0, 0.05) is 5.70 Å². The van der Waals surface area contributed by atoms with Gasteiger partial charge in [-0.1, -0.05) is 0 Å². The Morgan fingerprint density at radius 3 is 2.25 bits per heavy atom. The van der Waals surface area contributed by atoms with Gasteiger partial charge in [-0.2, -0.15) is 0 Å². The number of hydrogen-bond acceptors (Lipinski definition) is 3. The van der Waals surface area contributed by atoms with Crippen molar-refractivity contribution in [3.8, 4) is 0 Å². The fraction of sp³-hybridized carbons (Fsp3) is 0.500. The lowest BCUT2D eigenvalue weighted by atomic mass is 10.3. The van der Waals surface area contributed by atoms with Crippen molar-refractivity contribution < 1.29 is 14.7 Å². The van der Waals surface area contributed by atoms with Gasteiger partial charge >= 0.3 is 5.97 Å². The molecule has 0 saturated carbocycles. The predicted octanol–water partition coefficient (Wildman–Crippen LogP) is 0.542. The van der Waals surface area contributed by atoms with E-state index in [1.165, 1.54) is 19.9 Å². The molecule has 12 heavy (non-hydrogen) atoms. The van der Waals surface area contributed by atoms with Gasteiger partial charge in [-0.25, -0.2) is 0 Å². The van der Waals surface area contributed by atoms with Crippen molar-refractivity contribution >= 4 is 11.8 Å². The summed E-state index contributed by atoms with van der Waals surface area (Å²) >= 11 is 0. The zero-order chi connectivity index (χ0) is 9.72. The SMILES string of the molecule is CC(=O)/C=C(\C)NC(C)C(=O)O. The Morgan fingerprint density at radius 1 is 1.42 bits per heavy atom. The normalized spacial score (nSPS) is 13.8. The van der Waals surface area contributed by atoms with Crippen molar-refractivity contribution in [2.45, 2.75) is 26.8 Å². The van der Waals surface area contributed by atoms with Gasteiger partial charge in [0.15, 0.2) is 5.78 Å². The van der Waals surface area contributed by atoms with Crippen molar-refractivity contribution in [3.05, 3.63) is 11.8 Å². The maximum absolute atomic E-state index is 10.5. The summed E-state index contributed by atoms with van der Waals surface area (Å²) in [6.07, 6.45) is 1.36. The first-order valence-electron chi connectivity index (χ1n) is 3.61. The van der Waals surface area contributed by atoms with Crippen LogP contribution in [0.1, 0.15) is 20.8 Å². The topological polar surface area (TPSA) is 66.4 Å². The molecule has 0 heterocycles. The molecular weight excluding hydrogens is 158 g/mol. The van der Waals surface area contributed by atoms with Crippen LogP contribution in [-0.4, -0.2) is 22.9 Å². The van der Waals surface area contributed by atoms with E-state index in [0.29, 0.717) is 5.70 Å². The van der Waals surface area contributed by atoms with Crippen LogP contribution in [0.4, 0.5) is 0 Å². The monoisotopic (exact) mass is 171 g/mol. The summed E-state index contributed by atoms with van der Waals surface area (Å²) < 4.78 is 0. The van der Waals surface area contributed by atoms with E-state index in [-0.39, 0.29) is 5.78 Å². The first-order valence-corrected chi connectivity index (χ1v) is 3.61. The highest BCUT2D eigenvalue weighted by molar-refractivity contribution is 5.87. The Labute approximate surface area is 71.3 Å². The molecular formula is C8H13NO3. The molecule has 0 aliphatic heterocycles. The largest absolute Gasteiger partial charge is 0.480 e. The Morgan fingerprint density at radius 2 is 1.92 bits per heavy atom. The number of ketones is 1. The van der Waals surface area contributed by atoms with Crippen LogP contribution in [0.25, 0.3) is 0 Å². The van der Waals surface area contributed by atoms with Crippen LogP contribution in [0.3, 0.4) is 0 Å². The minimum atomic E-state index is -0.939. The van der Waals surface area contributed by atoms with Crippen LogP contribution < -0.4 is 5.32 Å². The molecule has 0 fully saturated rings. The second-order valence-electron chi connectivity index (χ2n) is 2.64. The van der Waals surface area contributed by atoms with Crippen molar-refractivity contribution in [2.24, 2.45) is 0 Å². The van der Waals surface area contributed by atoms with Gasteiger partial charge in [0.25, 0.3) is 0 Å². The number of carbonyl (C=O) groups excluding carboxylic acids is 1. The van der Waals surface area contributed by atoms with Crippen molar-refractivity contribution in [3.63, 3.8) is 0 Å². The number of allylic oxidation sites excluding steroid dienone is 2. The molecule has 4 heteroatoms. The highest BCUT2D eigenvalue weighted by atomic mass is 16.4. The fourth-order valence-corrected chi connectivity index (χ4v) is 0.750. The molecule has 1 atom stereocenters. The zero-order valence-corrected chi connectivity index (χ0v) is 7.42. The smallest absolute Gasteiger partial charge is 0.325 e. The van der Waals surface area contributed by atoms with Crippen LogP contribution in [-0.2, 0) is 9.59 Å². The highest BCUT2D eigenvalue weighted by Crippen LogP contribution is 1.91. The van der Waals surface area contributed by atoms with Crippen molar-refractivity contribution in [1.29, 1.82) is 0 Å². The van der Waals surface area contributed by atoms with Gasteiger partial charge in [0.05, 0.1) is 0 Å². The molecule has 4 nitrogen and oxygen atoms in total. The number of hydrogen-bond donors (Lipinski definition) is 2. The molecule has 1 unspecified atom stereocenters. The molecule has 0 aromatic heterocycles. The van der Waals surface area contributed by atoms with Crippen LogP contribution in [0.2, 0.25) is 0 Å². The Hall–Kier alpha value is -1.32. The quantitative estimate of drug-likeness (QED) is 0.606. The summed E-state index contributed by atoms with van der Waals surface area (Å²) in [5.74, 6) is -1.04. The molecule has 0 rings (SSSR count). The van der Waals surface area contributed by atoms with Gasteiger partial charge < -0.3 is 10.4 Å². The van der Waals surface area contributed by atoms with E-state index in [1.54, 1.807) is 6.92 Å². The maximum atomic E-state index is 10.5. The number of carboxylic acids is 1. The molecule has 0 spiro atoms. The van der Waals surface area contributed by atoms with E-state index in [4.69, 9.17) is 5.11 Å². The molecule has 2 N–H and O–H groups in total. The van der Waals surface area contributed by atoms with Gasteiger partial charge in [-0.15, -0.1) is 0 Å². The summed E-state index contributed by atoms with van der Waals surface area (Å²) in [5, 5.41) is 11.1. The van der Waals surface area contributed by atoms with Crippen molar-refractivity contribution in [1.82, 2.24) is 5.32 Å². The van der Waals surface area contributed by atoms with E-state index in [1.807, 2.05) is 0 Å². The predicted molar refractivity (Wildman–Crippen MR) is 44.7 cm³/mol. The molecule has 0 radical (unpaired) electrons. The van der Waals surface area contributed by atoms with E-state index in [9.17, 15) is 9.59 Å². The molecule has 68 valence electrons. The van der Waals surface area contributed by atoms with E-state index >= 15 is 0 Å². The first-order chi connectivity index (χ1) is 5.43. The summed E-state index contributed by atoms with van der Waals surface area (Å²) in [6, 6.07) is -0.666. The Balaban J connectivity index is 4.09. The lowest BCUT2D eigenvalue weighted by molar-refractivity contribution is -0.138. The summed E-state index contributed by atoms with van der Waals surface area (Å²) in [4.78, 5) is 20.9. The van der Waals surface area contributed by atoms with E-state index in [0.717, 1.165) is 0 Å². The van der Waals surface area contributed by atoms with Crippen molar-refractivity contribution in [2.75, 3.05) is 0 Å². The van der Waals surface area contributed by atoms with Crippen LogP contribution >= 0.6 is 0 Å². The zero-order valence-electron chi connectivity index (χ0n) is 7.42. The number of carboxylic acid groups (broad SMARTS) is 1. The minimum Gasteiger partial charge on any atom is -0.480 e. The highest BCUT2D eigenvalue weighted by Gasteiger charge is 2.09. The summed E-state index contributed by atoms with van der Waals surface area (Å²) in [5.41, 5.74) is 0.567. The third-order valence-electron chi connectivity index (χ3n) is 1.23. The summed E-state index contributed by atoms with van der Waals surface area (Å²) in [6.45, 7) is 4.58. The minimum absolute atomic E-state index is 0.0995. The molecule has 0 aliphatic rings. The van der Waals surface area contributed by atoms with E-state index in [2.05, 4.69) is 5.32 Å². The molecule has 0 aromatic carbocycles. The van der Waals surface area contributed by atoms with E-state index < -0.39 is 12.0 Å². The number of carbonyl (C=O) groups is 2.